The highest BCUT2D eigenvalue weighted by molar-refractivity contribution is 5.68. The maximum atomic E-state index is 12.1. The number of ether oxygens (including phenoxy) is 1. The Hall–Kier alpha value is -1.59. The Morgan fingerprint density at radius 3 is 2.52 bits per heavy atom. The van der Waals surface area contributed by atoms with Gasteiger partial charge in [0.2, 0.25) is 5.89 Å². The summed E-state index contributed by atoms with van der Waals surface area (Å²) in [4.78, 5) is 18.4. The minimum atomic E-state index is -0.435. The van der Waals surface area contributed by atoms with Crippen molar-refractivity contribution in [2.45, 2.75) is 70.8 Å². The Morgan fingerprint density at radius 1 is 1.26 bits per heavy atom. The first kappa shape index (κ1) is 16.3. The lowest BCUT2D eigenvalue weighted by molar-refractivity contribution is 0.0182. The molecule has 0 atom stereocenters. The van der Waals surface area contributed by atoms with Crippen LogP contribution in [-0.4, -0.2) is 39.8 Å². The summed E-state index contributed by atoms with van der Waals surface area (Å²) in [6.45, 7) is 7.17. The summed E-state index contributed by atoms with van der Waals surface area (Å²) in [6.07, 6.45) is 6.18. The Morgan fingerprint density at radius 2 is 1.96 bits per heavy atom. The molecule has 2 fully saturated rings. The number of hydrogen-bond donors (Lipinski definition) is 0. The summed E-state index contributed by atoms with van der Waals surface area (Å²) in [5, 5.41) is 4.12. The van der Waals surface area contributed by atoms with Gasteiger partial charge >= 0.3 is 6.09 Å². The van der Waals surface area contributed by atoms with Crippen LogP contribution in [-0.2, 0) is 11.2 Å². The monoisotopic (exact) mass is 321 g/mol. The molecule has 1 aromatic heterocycles. The normalized spacial score (nSPS) is 20.4. The van der Waals surface area contributed by atoms with Gasteiger partial charge in [0.15, 0.2) is 5.82 Å². The molecule has 0 aromatic carbocycles. The van der Waals surface area contributed by atoms with Crippen molar-refractivity contribution in [3.05, 3.63) is 11.7 Å². The topological polar surface area (TPSA) is 68.5 Å². The van der Waals surface area contributed by atoms with Gasteiger partial charge in [-0.05, 0) is 52.4 Å². The third kappa shape index (κ3) is 4.24. The van der Waals surface area contributed by atoms with Gasteiger partial charge in [-0.1, -0.05) is 11.6 Å². The first-order valence-corrected chi connectivity index (χ1v) is 8.71. The van der Waals surface area contributed by atoms with Gasteiger partial charge in [0, 0.05) is 25.4 Å². The number of amides is 1. The number of carbonyl (C=O) groups is 1. The average Bonchev–Trinajstić information content (AvgIpc) is 2.83. The Bertz CT molecular complexity index is 538. The molecule has 1 aliphatic heterocycles. The zero-order valence-electron chi connectivity index (χ0n) is 14.4. The van der Waals surface area contributed by atoms with Gasteiger partial charge < -0.3 is 14.2 Å². The lowest BCUT2D eigenvalue weighted by Crippen LogP contribution is -2.42. The minimum Gasteiger partial charge on any atom is -0.444 e. The SMILES string of the molecule is CC(C)(C)OC(=O)N1CCC(Cc2nc(C3CCC3)no2)CC1. The zero-order chi connectivity index (χ0) is 16.4. The molecule has 0 N–H and O–H groups in total. The van der Waals surface area contributed by atoms with Gasteiger partial charge in [-0.2, -0.15) is 4.98 Å². The van der Waals surface area contributed by atoms with Crippen molar-refractivity contribution in [3.63, 3.8) is 0 Å². The smallest absolute Gasteiger partial charge is 0.410 e. The van der Waals surface area contributed by atoms with Crippen LogP contribution in [0, 0.1) is 5.92 Å². The van der Waals surface area contributed by atoms with E-state index in [4.69, 9.17) is 9.26 Å². The van der Waals surface area contributed by atoms with E-state index in [1.807, 2.05) is 20.8 Å². The molecule has 23 heavy (non-hydrogen) atoms. The Kier molecular flexibility index (Phi) is 4.60. The van der Waals surface area contributed by atoms with Crippen LogP contribution in [0.1, 0.15) is 70.5 Å². The molecule has 1 amide bonds. The summed E-state index contributed by atoms with van der Waals surface area (Å²) in [5.41, 5.74) is -0.435. The molecule has 2 aliphatic rings. The molecule has 1 saturated heterocycles. The van der Waals surface area contributed by atoms with Gasteiger partial charge in [-0.3, -0.25) is 0 Å². The van der Waals surface area contributed by atoms with E-state index < -0.39 is 5.60 Å². The fourth-order valence-corrected chi connectivity index (χ4v) is 3.08. The maximum absolute atomic E-state index is 12.1. The van der Waals surface area contributed by atoms with E-state index in [0.717, 1.165) is 44.1 Å². The highest BCUT2D eigenvalue weighted by atomic mass is 16.6. The van der Waals surface area contributed by atoms with E-state index in [9.17, 15) is 4.79 Å². The number of carbonyl (C=O) groups excluding carboxylic acids is 1. The Labute approximate surface area is 137 Å². The van der Waals surface area contributed by atoms with Crippen LogP contribution in [0.4, 0.5) is 4.79 Å². The predicted molar refractivity (Wildman–Crippen MR) is 85.1 cm³/mol. The van der Waals surface area contributed by atoms with Crippen LogP contribution in [0.5, 0.6) is 0 Å². The molecule has 0 unspecified atom stereocenters. The third-order valence-corrected chi connectivity index (χ3v) is 4.68. The standard InChI is InChI=1S/C17H27N3O3/c1-17(2,3)22-16(21)20-9-7-12(8-10-20)11-14-18-15(19-23-14)13-5-4-6-13/h12-13H,4-11H2,1-3H3. The second-order valence-electron chi connectivity index (χ2n) is 7.79. The Balaban J connectivity index is 1.45. The van der Waals surface area contributed by atoms with E-state index in [2.05, 4.69) is 10.1 Å². The van der Waals surface area contributed by atoms with Crippen molar-refractivity contribution >= 4 is 6.09 Å². The van der Waals surface area contributed by atoms with Gasteiger partial charge in [0.1, 0.15) is 5.60 Å². The number of rotatable bonds is 3. The summed E-state index contributed by atoms with van der Waals surface area (Å²) in [6, 6.07) is 0. The van der Waals surface area contributed by atoms with Crippen molar-refractivity contribution < 1.29 is 14.1 Å². The second kappa shape index (κ2) is 6.49. The van der Waals surface area contributed by atoms with Crippen LogP contribution in [0.2, 0.25) is 0 Å². The van der Waals surface area contributed by atoms with Crippen LogP contribution in [0.15, 0.2) is 4.52 Å². The number of piperidine rings is 1. The molecule has 0 spiro atoms. The predicted octanol–water partition coefficient (Wildman–Crippen LogP) is 3.53. The summed E-state index contributed by atoms with van der Waals surface area (Å²) < 4.78 is 10.8. The van der Waals surface area contributed by atoms with Crippen molar-refractivity contribution in [1.29, 1.82) is 0 Å². The molecule has 1 aromatic rings. The molecule has 1 saturated carbocycles. The highest BCUT2D eigenvalue weighted by Gasteiger charge is 2.29. The van der Waals surface area contributed by atoms with Crippen LogP contribution in [0.3, 0.4) is 0 Å². The second-order valence-corrected chi connectivity index (χ2v) is 7.79. The third-order valence-electron chi connectivity index (χ3n) is 4.68. The molecular weight excluding hydrogens is 294 g/mol. The fraction of sp³-hybridized carbons (Fsp3) is 0.824. The molecule has 2 heterocycles. The fourth-order valence-electron chi connectivity index (χ4n) is 3.08. The van der Waals surface area contributed by atoms with Crippen LogP contribution >= 0.6 is 0 Å². The number of aromatic nitrogens is 2. The minimum absolute atomic E-state index is 0.207. The summed E-state index contributed by atoms with van der Waals surface area (Å²) in [5.74, 6) is 2.66. The zero-order valence-corrected chi connectivity index (χ0v) is 14.4. The molecule has 6 heteroatoms. The van der Waals surface area contributed by atoms with E-state index >= 15 is 0 Å². The number of likely N-dealkylation sites (tertiary alicyclic amines) is 1. The van der Waals surface area contributed by atoms with E-state index in [0.29, 0.717) is 11.8 Å². The first-order valence-electron chi connectivity index (χ1n) is 8.71. The maximum Gasteiger partial charge on any atom is 0.410 e. The molecule has 0 bridgehead atoms. The molecule has 1 aliphatic carbocycles. The highest BCUT2D eigenvalue weighted by Crippen LogP contribution is 2.34. The van der Waals surface area contributed by atoms with Gasteiger partial charge in [-0.15, -0.1) is 0 Å². The number of nitrogens with zero attached hydrogens (tertiary/aromatic N) is 3. The van der Waals surface area contributed by atoms with Crippen molar-refractivity contribution in [2.24, 2.45) is 5.92 Å². The summed E-state index contributed by atoms with van der Waals surface area (Å²) in [7, 11) is 0. The largest absolute Gasteiger partial charge is 0.444 e. The van der Waals surface area contributed by atoms with E-state index in [-0.39, 0.29) is 6.09 Å². The molecule has 0 radical (unpaired) electrons. The van der Waals surface area contributed by atoms with E-state index in [1.54, 1.807) is 4.90 Å². The lowest BCUT2D eigenvalue weighted by Gasteiger charge is -2.33. The quantitative estimate of drug-likeness (QED) is 0.852. The van der Waals surface area contributed by atoms with Crippen LogP contribution < -0.4 is 0 Å². The number of hydrogen-bond acceptors (Lipinski definition) is 5. The van der Waals surface area contributed by atoms with E-state index in [1.165, 1.54) is 19.3 Å². The lowest BCUT2D eigenvalue weighted by atomic mass is 9.85. The molecule has 128 valence electrons. The molecular formula is C17H27N3O3. The first-order chi connectivity index (χ1) is 10.9. The van der Waals surface area contributed by atoms with Crippen LogP contribution in [0.25, 0.3) is 0 Å². The average molecular weight is 321 g/mol. The molecule has 3 rings (SSSR count). The van der Waals surface area contributed by atoms with Crippen molar-refractivity contribution in [1.82, 2.24) is 15.0 Å². The van der Waals surface area contributed by atoms with Gasteiger partial charge in [0.25, 0.3) is 0 Å². The van der Waals surface area contributed by atoms with Crippen molar-refractivity contribution in [3.8, 4) is 0 Å². The summed E-state index contributed by atoms with van der Waals surface area (Å²) >= 11 is 0. The van der Waals surface area contributed by atoms with Crippen molar-refractivity contribution in [2.75, 3.05) is 13.1 Å². The van der Waals surface area contributed by atoms with Gasteiger partial charge in [0.05, 0.1) is 0 Å². The molecule has 6 nitrogen and oxygen atoms in total. The van der Waals surface area contributed by atoms with Gasteiger partial charge in [-0.25, -0.2) is 4.79 Å².